The predicted molar refractivity (Wildman–Crippen MR) is 96.2 cm³/mol. The Bertz CT molecular complexity index is 816. The maximum Gasteiger partial charge on any atom is 0.226 e. The molecule has 2 aromatic heterocycles. The van der Waals surface area contributed by atoms with Crippen molar-refractivity contribution in [2.24, 2.45) is 0 Å². The summed E-state index contributed by atoms with van der Waals surface area (Å²) in [4.78, 5) is 16.1. The van der Waals surface area contributed by atoms with Crippen LogP contribution in [-0.4, -0.2) is 22.6 Å². The molecule has 0 aliphatic carbocycles. The molecule has 0 radical (unpaired) electrons. The first-order valence-electron chi connectivity index (χ1n) is 8.08. The van der Waals surface area contributed by atoms with E-state index in [1.807, 2.05) is 30.5 Å². The molecule has 0 fully saturated rings. The Hall–Kier alpha value is -2.66. The summed E-state index contributed by atoms with van der Waals surface area (Å²) >= 11 is 5.87. The van der Waals surface area contributed by atoms with Gasteiger partial charge in [0.1, 0.15) is 0 Å². The Morgan fingerprint density at radius 3 is 2.80 bits per heavy atom. The largest absolute Gasteiger partial charge is 0.356 e. The molecule has 0 saturated carbocycles. The van der Waals surface area contributed by atoms with Crippen molar-refractivity contribution in [1.82, 2.24) is 15.5 Å². The van der Waals surface area contributed by atoms with E-state index in [0.717, 1.165) is 18.4 Å². The van der Waals surface area contributed by atoms with Crippen LogP contribution in [0.3, 0.4) is 0 Å². The van der Waals surface area contributed by atoms with E-state index < -0.39 is 0 Å². The Morgan fingerprint density at radius 2 is 2.04 bits per heavy atom. The van der Waals surface area contributed by atoms with Crippen LogP contribution in [0.1, 0.15) is 17.7 Å². The lowest BCUT2D eigenvalue weighted by Gasteiger charge is -2.03. The highest BCUT2D eigenvalue weighted by Crippen LogP contribution is 2.22. The number of hydrogen-bond donors (Lipinski definition) is 1. The van der Waals surface area contributed by atoms with Gasteiger partial charge in [-0.25, -0.2) is 0 Å². The topological polar surface area (TPSA) is 68.0 Å². The molecule has 1 amide bonds. The number of rotatable bonds is 7. The van der Waals surface area contributed by atoms with Gasteiger partial charge in [-0.05, 0) is 48.7 Å². The second-order valence-electron chi connectivity index (χ2n) is 5.68. The SMILES string of the molecule is O=C(Cc1cc(-c2ccc(Cl)cc2)on1)NCCCc1cccnc1. The van der Waals surface area contributed by atoms with E-state index in [9.17, 15) is 4.79 Å². The minimum atomic E-state index is -0.0675. The lowest BCUT2D eigenvalue weighted by molar-refractivity contribution is -0.120. The van der Waals surface area contributed by atoms with Gasteiger partial charge in [-0.3, -0.25) is 9.78 Å². The van der Waals surface area contributed by atoms with Crippen LogP contribution < -0.4 is 5.32 Å². The highest BCUT2D eigenvalue weighted by molar-refractivity contribution is 6.30. The fourth-order valence-corrected chi connectivity index (χ4v) is 2.56. The molecule has 0 aliphatic heterocycles. The molecule has 2 heterocycles. The van der Waals surface area contributed by atoms with E-state index in [2.05, 4.69) is 15.5 Å². The monoisotopic (exact) mass is 355 g/mol. The molecule has 25 heavy (non-hydrogen) atoms. The highest BCUT2D eigenvalue weighted by Gasteiger charge is 2.10. The van der Waals surface area contributed by atoms with E-state index in [4.69, 9.17) is 16.1 Å². The van der Waals surface area contributed by atoms with E-state index in [1.54, 1.807) is 24.4 Å². The van der Waals surface area contributed by atoms with Crippen LogP contribution in [-0.2, 0) is 17.6 Å². The summed E-state index contributed by atoms with van der Waals surface area (Å²) in [6.07, 6.45) is 5.55. The van der Waals surface area contributed by atoms with E-state index in [0.29, 0.717) is 23.0 Å². The first-order valence-corrected chi connectivity index (χ1v) is 8.45. The van der Waals surface area contributed by atoms with Crippen LogP contribution in [0.2, 0.25) is 5.02 Å². The average molecular weight is 356 g/mol. The second kappa shape index (κ2) is 8.44. The third-order valence-corrected chi connectivity index (χ3v) is 3.97. The summed E-state index contributed by atoms with van der Waals surface area (Å²) in [5, 5.41) is 7.51. The minimum Gasteiger partial charge on any atom is -0.356 e. The minimum absolute atomic E-state index is 0.0675. The summed E-state index contributed by atoms with van der Waals surface area (Å²) in [5.41, 5.74) is 2.65. The average Bonchev–Trinajstić information content (AvgIpc) is 3.09. The Labute approximate surface area is 151 Å². The number of nitrogens with zero attached hydrogens (tertiary/aromatic N) is 2. The van der Waals surface area contributed by atoms with E-state index >= 15 is 0 Å². The van der Waals surface area contributed by atoms with Gasteiger partial charge in [0, 0.05) is 35.6 Å². The van der Waals surface area contributed by atoms with Gasteiger partial charge >= 0.3 is 0 Å². The van der Waals surface area contributed by atoms with E-state index in [-0.39, 0.29) is 12.3 Å². The maximum absolute atomic E-state index is 12.0. The standard InChI is InChI=1S/C19H18ClN3O2/c20-16-7-5-15(6-8-16)18-11-17(23-25-18)12-19(24)22-10-2-4-14-3-1-9-21-13-14/h1,3,5-9,11,13H,2,4,10,12H2,(H,22,24). The van der Waals surface area contributed by atoms with Crippen LogP contribution in [0.4, 0.5) is 0 Å². The van der Waals surface area contributed by atoms with Gasteiger partial charge in [0.2, 0.25) is 5.91 Å². The number of aromatic nitrogens is 2. The molecule has 0 spiro atoms. The number of aryl methyl sites for hydroxylation is 1. The fraction of sp³-hybridized carbons (Fsp3) is 0.211. The quantitative estimate of drug-likeness (QED) is 0.656. The molecule has 1 N–H and O–H groups in total. The van der Waals surface area contributed by atoms with Gasteiger partial charge in [-0.15, -0.1) is 0 Å². The van der Waals surface area contributed by atoms with Gasteiger partial charge in [-0.1, -0.05) is 22.8 Å². The lowest BCUT2D eigenvalue weighted by Crippen LogP contribution is -2.26. The number of benzene rings is 1. The van der Waals surface area contributed by atoms with Gasteiger partial charge < -0.3 is 9.84 Å². The predicted octanol–water partition coefficient (Wildman–Crippen LogP) is 3.68. The molecule has 3 aromatic rings. The molecule has 0 saturated heterocycles. The third-order valence-electron chi connectivity index (χ3n) is 3.72. The molecule has 128 valence electrons. The summed E-state index contributed by atoms with van der Waals surface area (Å²) in [6, 6.07) is 13.0. The summed E-state index contributed by atoms with van der Waals surface area (Å²) in [7, 11) is 0. The zero-order valence-corrected chi connectivity index (χ0v) is 14.4. The number of pyridine rings is 1. The molecule has 0 bridgehead atoms. The molecule has 0 aliphatic rings. The van der Waals surface area contributed by atoms with Crippen LogP contribution in [0.5, 0.6) is 0 Å². The number of halogens is 1. The van der Waals surface area contributed by atoms with Crippen molar-refractivity contribution in [3.05, 3.63) is 71.1 Å². The van der Waals surface area contributed by atoms with Crippen molar-refractivity contribution in [1.29, 1.82) is 0 Å². The normalized spacial score (nSPS) is 10.6. The van der Waals surface area contributed by atoms with Crippen molar-refractivity contribution in [2.45, 2.75) is 19.3 Å². The molecule has 5 nitrogen and oxygen atoms in total. The molecule has 6 heteroatoms. The van der Waals surface area contributed by atoms with Crippen molar-refractivity contribution in [3.8, 4) is 11.3 Å². The Morgan fingerprint density at radius 1 is 1.20 bits per heavy atom. The van der Waals surface area contributed by atoms with Crippen LogP contribution >= 0.6 is 11.6 Å². The summed E-state index contributed by atoms with van der Waals surface area (Å²) in [5.74, 6) is 0.554. The van der Waals surface area contributed by atoms with Gasteiger partial charge in [0.05, 0.1) is 12.1 Å². The molecule has 3 rings (SSSR count). The number of carbonyl (C=O) groups excluding carboxylic acids is 1. The number of amides is 1. The summed E-state index contributed by atoms with van der Waals surface area (Å²) < 4.78 is 5.29. The molecular formula is C19H18ClN3O2. The zero-order valence-electron chi connectivity index (χ0n) is 13.6. The van der Waals surface area contributed by atoms with Gasteiger partial charge in [0.15, 0.2) is 5.76 Å². The van der Waals surface area contributed by atoms with Gasteiger partial charge in [-0.2, -0.15) is 0 Å². The molecule has 0 unspecified atom stereocenters. The van der Waals surface area contributed by atoms with Crippen LogP contribution in [0.25, 0.3) is 11.3 Å². The Balaban J connectivity index is 1.44. The molecular weight excluding hydrogens is 338 g/mol. The third kappa shape index (κ3) is 5.16. The Kier molecular flexibility index (Phi) is 5.80. The molecule has 1 aromatic carbocycles. The molecule has 0 atom stereocenters. The first kappa shape index (κ1) is 17.2. The van der Waals surface area contributed by atoms with E-state index in [1.165, 1.54) is 5.56 Å². The van der Waals surface area contributed by atoms with Crippen LogP contribution in [0.15, 0.2) is 59.4 Å². The summed E-state index contributed by atoms with van der Waals surface area (Å²) in [6.45, 7) is 0.621. The smallest absolute Gasteiger partial charge is 0.226 e. The van der Waals surface area contributed by atoms with Crippen molar-refractivity contribution in [3.63, 3.8) is 0 Å². The van der Waals surface area contributed by atoms with Crippen molar-refractivity contribution in [2.75, 3.05) is 6.54 Å². The zero-order chi connectivity index (χ0) is 17.5. The van der Waals surface area contributed by atoms with Crippen molar-refractivity contribution >= 4 is 17.5 Å². The van der Waals surface area contributed by atoms with Crippen molar-refractivity contribution < 1.29 is 9.32 Å². The maximum atomic E-state index is 12.0. The van der Waals surface area contributed by atoms with Crippen LogP contribution in [0, 0.1) is 0 Å². The fourth-order valence-electron chi connectivity index (χ4n) is 2.44. The number of nitrogens with one attached hydrogen (secondary N) is 1. The number of hydrogen-bond acceptors (Lipinski definition) is 4. The lowest BCUT2D eigenvalue weighted by atomic mass is 10.1. The second-order valence-corrected chi connectivity index (χ2v) is 6.12. The van der Waals surface area contributed by atoms with Gasteiger partial charge in [0.25, 0.3) is 0 Å². The highest BCUT2D eigenvalue weighted by atomic mass is 35.5. The first-order chi connectivity index (χ1) is 12.2. The number of carbonyl (C=O) groups is 1.